The Balaban J connectivity index is 0.00000161. The van der Waals surface area contributed by atoms with E-state index >= 15 is 0 Å². The predicted molar refractivity (Wildman–Crippen MR) is 93.4 cm³/mol. The molecule has 3 rings (SSSR count). The van der Waals surface area contributed by atoms with Crippen molar-refractivity contribution in [2.24, 2.45) is 10.7 Å². The number of nitrogens with zero attached hydrogens (tertiary/aromatic N) is 2. The summed E-state index contributed by atoms with van der Waals surface area (Å²) in [5, 5.41) is 0. The zero-order valence-corrected chi connectivity index (χ0v) is 15.3. The second-order valence-corrected chi connectivity index (χ2v) is 5.44. The van der Waals surface area contributed by atoms with E-state index in [2.05, 4.69) is 20.9 Å². The molecule has 0 bridgehead atoms. The van der Waals surface area contributed by atoms with Crippen molar-refractivity contribution in [1.29, 1.82) is 0 Å². The molecule has 1 aromatic rings. The van der Waals surface area contributed by atoms with Crippen LogP contribution < -0.4 is 15.2 Å². The van der Waals surface area contributed by atoms with Gasteiger partial charge >= 0.3 is 0 Å². The van der Waals surface area contributed by atoms with Gasteiger partial charge in [0, 0.05) is 13.1 Å². The van der Waals surface area contributed by atoms with Gasteiger partial charge in [-0.1, -0.05) is 0 Å². The van der Waals surface area contributed by atoms with Gasteiger partial charge in [-0.3, -0.25) is 0 Å². The van der Waals surface area contributed by atoms with Crippen molar-refractivity contribution < 1.29 is 14.2 Å². The van der Waals surface area contributed by atoms with Crippen LogP contribution in [0.1, 0.15) is 5.56 Å². The molecule has 1 saturated heterocycles. The quantitative estimate of drug-likeness (QED) is 0.407. The van der Waals surface area contributed by atoms with E-state index in [1.807, 2.05) is 17.0 Å². The molecule has 0 saturated carbocycles. The van der Waals surface area contributed by atoms with Crippen LogP contribution in [0, 0.1) is 0 Å². The predicted octanol–water partition coefficient (Wildman–Crippen LogP) is 1.94. The molecule has 0 aliphatic carbocycles. The minimum atomic E-state index is 0. The molecule has 2 aliphatic rings. The molecule has 1 aromatic carbocycles. The van der Waals surface area contributed by atoms with Crippen molar-refractivity contribution in [3.05, 3.63) is 22.2 Å². The van der Waals surface area contributed by atoms with Crippen molar-refractivity contribution in [3.8, 4) is 11.5 Å². The first-order valence-electron chi connectivity index (χ1n) is 6.44. The number of hydrogen-bond donors (Lipinski definition) is 1. The van der Waals surface area contributed by atoms with E-state index in [9.17, 15) is 0 Å². The Morgan fingerprint density at radius 1 is 1.29 bits per heavy atom. The number of ether oxygens (including phenoxy) is 3. The maximum Gasteiger partial charge on any atom is 0.231 e. The van der Waals surface area contributed by atoms with Crippen LogP contribution >= 0.6 is 39.9 Å². The van der Waals surface area contributed by atoms with E-state index in [0.29, 0.717) is 25.7 Å². The van der Waals surface area contributed by atoms with Crippen LogP contribution in [0.5, 0.6) is 11.5 Å². The number of hydrogen-bond acceptors (Lipinski definition) is 4. The molecule has 0 radical (unpaired) electrons. The second-order valence-electron chi connectivity index (χ2n) is 4.59. The lowest BCUT2D eigenvalue weighted by molar-refractivity contribution is 0.0674. The lowest BCUT2D eigenvalue weighted by Gasteiger charge is -2.27. The first kappa shape index (κ1) is 16.6. The normalized spacial score (nSPS) is 17.6. The number of rotatable bonds is 2. The summed E-state index contributed by atoms with van der Waals surface area (Å²) in [7, 11) is 0. The zero-order valence-electron chi connectivity index (χ0n) is 11.4. The summed E-state index contributed by atoms with van der Waals surface area (Å²) >= 11 is 3.47. The number of fused-ring (bicyclic) bond motifs is 1. The fourth-order valence-electron chi connectivity index (χ4n) is 2.18. The van der Waals surface area contributed by atoms with Crippen molar-refractivity contribution in [3.63, 3.8) is 0 Å². The minimum absolute atomic E-state index is 0. The highest BCUT2D eigenvalue weighted by molar-refractivity contribution is 14.0. The molecule has 0 unspecified atom stereocenters. The zero-order chi connectivity index (χ0) is 13.9. The molecule has 2 aliphatic heterocycles. The van der Waals surface area contributed by atoms with E-state index in [1.54, 1.807) is 0 Å². The van der Waals surface area contributed by atoms with Crippen LogP contribution in [0.2, 0.25) is 0 Å². The number of halogens is 2. The van der Waals surface area contributed by atoms with Crippen molar-refractivity contribution >= 4 is 45.9 Å². The Bertz CT molecular complexity index is 536. The average Bonchev–Trinajstić information content (AvgIpc) is 2.94. The third kappa shape index (κ3) is 3.92. The lowest BCUT2D eigenvalue weighted by atomic mass is 10.2. The Hall–Kier alpha value is -0.740. The van der Waals surface area contributed by atoms with Crippen molar-refractivity contribution in [2.75, 3.05) is 33.1 Å². The largest absolute Gasteiger partial charge is 0.454 e. The maximum absolute atomic E-state index is 6.00. The van der Waals surface area contributed by atoms with E-state index in [4.69, 9.17) is 19.9 Å². The maximum atomic E-state index is 6.00. The summed E-state index contributed by atoms with van der Waals surface area (Å²) in [5.41, 5.74) is 7.03. The summed E-state index contributed by atoms with van der Waals surface area (Å²) in [6.07, 6.45) is 0. The number of nitrogens with two attached hydrogens (primary N) is 1. The molecule has 0 atom stereocenters. The second kappa shape index (κ2) is 7.50. The van der Waals surface area contributed by atoms with E-state index in [1.165, 1.54) is 0 Å². The standard InChI is InChI=1S/C13H16BrN3O3.HI/c14-10-5-9(6-11-12(10)20-8-19-11)7-16-13(15)17-1-3-18-4-2-17;/h5-6H,1-4,7-8H2,(H2,15,16);1H. The summed E-state index contributed by atoms with van der Waals surface area (Å²) in [5.74, 6) is 2.05. The summed E-state index contributed by atoms with van der Waals surface area (Å²) in [4.78, 5) is 6.47. The van der Waals surface area contributed by atoms with E-state index in [0.717, 1.165) is 34.6 Å². The van der Waals surface area contributed by atoms with Gasteiger partial charge in [-0.2, -0.15) is 0 Å². The van der Waals surface area contributed by atoms with Gasteiger partial charge < -0.3 is 24.8 Å². The van der Waals surface area contributed by atoms with Gasteiger partial charge in [0.25, 0.3) is 0 Å². The first-order valence-corrected chi connectivity index (χ1v) is 7.24. The number of morpholine rings is 1. The molecule has 2 N–H and O–H groups in total. The summed E-state index contributed by atoms with van der Waals surface area (Å²) in [6.45, 7) is 3.76. The molecule has 2 heterocycles. The molecule has 6 nitrogen and oxygen atoms in total. The molecule has 116 valence electrons. The lowest BCUT2D eigenvalue weighted by Crippen LogP contribution is -2.44. The highest BCUT2D eigenvalue weighted by atomic mass is 127. The molecule has 1 fully saturated rings. The fraction of sp³-hybridized carbons (Fsp3) is 0.462. The van der Waals surface area contributed by atoms with Crippen LogP contribution in [0.15, 0.2) is 21.6 Å². The highest BCUT2D eigenvalue weighted by Crippen LogP contribution is 2.40. The smallest absolute Gasteiger partial charge is 0.231 e. The van der Waals surface area contributed by atoms with Gasteiger partial charge in [0.05, 0.1) is 24.2 Å². The van der Waals surface area contributed by atoms with E-state index < -0.39 is 0 Å². The number of aliphatic imine (C=N–C) groups is 1. The Labute approximate surface area is 148 Å². The Morgan fingerprint density at radius 2 is 2.05 bits per heavy atom. The summed E-state index contributed by atoms with van der Waals surface area (Å²) in [6, 6.07) is 3.91. The Kier molecular flexibility index (Phi) is 5.94. The monoisotopic (exact) mass is 469 g/mol. The van der Waals surface area contributed by atoms with E-state index in [-0.39, 0.29) is 30.8 Å². The molecule has 8 heteroatoms. The molecule has 0 aromatic heterocycles. The Morgan fingerprint density at radius 3 is 2.81 bits per heavy atom. The molecule has 0 spiro atoms. The third-order valence-corrected chi connectivity index (χ3v) is 3.83. The minimum Gasteiger partial charge on any atom is -0.454 e. The molecule has 21 heavy (non-hydrogen) atoms. The fourth-order valence-corrected chi connectivity index (χ4v) is 2.78. The van der Waals surface area contributed by atoms with Gasteiger partial charge in [0.2, 0.25) is 6.79 Å². The average molecular weight is 470 g/mol. The molecule has 0 amide bonds. The van der Waals surface area contributed by atoms with Gasteiger partial charge in [0.15, 0.2) is 17.5 Å². The van der Waals surface area contributed by atoms with Crippen LogP contribution in [0.25, 0.3) is 0 Å². The SMILES string of the molecule is I.NC(=NCc1cc(Br)c2c(c1)OCO2)N1CCOCC1. The molecular weight excluding hydrogens is 453 g/mol. The number of guanidine groups is 1. The highest BCUT2D eigenvalue weighted by Gasteiger charge is 2.18. The van der Waals surface area contributed by atoms with Crippen molar-refractivity contribution in [1.82, 2.24) is 4.90 Å². The molecular formula is C13H17BrIN3O3. The van der Waals surface area contributed by atoms with Crippen LogP contribution in [0.3, 0.4) is 0 Å². The van der Waals surface area contributed by atoms with Crippen LogP contribution in [-0.4, -0.2) is 44.0 Å². The topological polar surface area (TPSA) is 69.3 Å². The third-order valence-electron chi connectivity index (χ3n) is 3.25. The first-order chi connectivity index (χ1) is 9.74. The van der Waals surface area contributed by atoms with Gasteiger partial charge in [-0.05, 0) is 33.6 Å². The van der Waals surface area contributed by atoms with Crippen molar-refractivity contribution in [2.45, 2.75) is 6.54 Å². The van der Waals surface area contributed by atoms with Crippen LogP contribution in [0.4, 0.5) is 0 Å². The van der Waals surface area contributed by atoms with Gasteiger partial charge in [0.1, 0.15) is 0 Å². The van der Waals surface area contributed by atoms with Gasteiger partial charge in [-0.25, -0.2) is 4.99 Å². The summed E-state index contributed by atoms with van der Waals surface area (Å²) < 4.78 is 16.9. The van der Waals surface area contributed by atoms with Gasteiger partial charge in [-0.15, -0.1) is 24.0 Å². The number of benzene rings is 1. The van der Waals surface area contributed by atoms with Crippen LogP contribution in [-0.2, 0) is 11.3 Å².